The lowest BCUT2D eigenvalue weighted by atomic mass is 9.96. The Balaban J connectivity index is 1.54. The minimum Gasteiger partial charge on any atom is -0.463 e. The van der Waals surface area contributed by atoms with Crippen LogP contribution in [0.25, 0.3) is 17.0 Å². The first-order valence-corrected chi connectivity index (χ1v) is 15.0. The molecule has 0 amide bonds. The highest BCUT2D eigenvalue weighted by Crippen LogP contribution is 2.34. The predicted molar refractivity (Wildman–Crippen MR) is 169 cm³/mol. The summed E-state index contributed by atoms with van der Waals surface area (Å²) in [4.78, 5) is 32.5. The number of hydrogen-bond donors (Lipinski definition) is 0. The quantitative estimate of drug-likeness (QED) is 0.234. The van der Waals surface area contributed by atoms with Crippen LogP contribution in [-0.2, 0) is 16.1 Å². The third kappa shape index (κ3) is 5.01. The zero-order valence-electron chi connectivity index (χ0n) is 23.8. The van der Waals surface area contributed by atoms with Gasteiger partial charge in [-0.3, -0.25) is 9.36 Å². The van der Waals surface area contributed by atoms with Gasteiger partial charge in [-0.05, 0) is 62.2 Å². The summed E-state index contributed by atoms with van der Waals surface area (Å²) in [5.74, 6) is -0.523. The molecule has 3 heterocycles. The van der Waals surface area contributed by atoms with Gasteiger partial charge >= 0.3 is 5.97 Å². The molecule has 0 bridgehead atoms. The van der Waals surface area contributed by atoms with Crippen LogP contribution in [0.3, 0.4) is 0 Å². The number of nitriles is 1. The van der Waals surface area contributed by atoms with Crippen molar-refractivity contribution in [2.45, 2.75) is 33.4 Å². The van der Waals surface area contributed by atoms with E-state index in [9.17, 15) is 14.9 Å². The molecule has 3 aromatic carbocycles. The molecule has 7 nitrogen and oxygen atoms in total. The number of ether oxygens (including phenoxy) is 1. The summed E-state index contributed by atoms with van der Waals surface area (Å²) in [5, 5.41) is 10.6. The topological polar surface area (TPSA) is 89.4 Å². The van der Waals surface area contributed by atoms with Gasteiger partial charge in [-0.25, -0.2) is 9.79 Å². The Morgan fingerprint density at radius 1 is 1.09 bits per heavy atom. The fraction of sp³-hybridized carbons (Fsp3) is 0.176. The van der Waals surface area contributed by atoms with E-state index in [1.165, 1.54) is 11.3 Å². The second-order valence-corrected chi connectivity index (χ2v) is 11.7. The van der Waals surface area contributed by atoms with E-state index in [0.717, 1.165) is 27.7 Å². The molecule has 2 aromatic heterocycles. The number of rotatable bonds is 6. The molecule has 0 unspecified atom stereocenters. The molecule has 1 atom stereocenters. The molecule has 1 aliphatic heterocycles. The molecule has 214 valence electrons. The SMILES string of the molecule is CCOC(=O)C1=C(C)N=c2s/c(=C\c3c(C)n(Cc4ccc(C#N)cc4)c4ccccc34)c(=O)n2[C@@H]1c1ccccc1Cl. The molecule has 0 radical (unpaired) electrons. The average molecular weight is 607 g/mol. The van der Waals surface area contributed by atoms with Crippen molar-refractivity contribution >= 4 is 45.9 Å². The molecule has 0 saturated heterocycles. The highest BCUT2D eigenvalue weighted by Gasteiger charge is 2.34. The summed E-state index contributed by atoms with van der Waals surface area (Å²) in [6.07, 6.45) is 1.92. The Kier molecular flexibility index (Phi) is 7.61. The number of esters is 1. The molecule has 0 N–H and O–H groups in total. The van der Waals surface area contributed by atoms with Gasteiger partial charge in [0.05, 0.1) is 34.0 Å². The largest absolute Gasteiger partial charge is 0.463 e. The van der Waals surface area contributed by atoms with Gasteiger partial charge in [0.15, 0.2) is 4.80 Å². The van der Waals surface area contributed by atoms with E-state index in [-0.39, 0.29) is 12.2 Å². The van der Waals surface area contributed by atoms with Crippen molar-refractivity contribution in [3.8, 4) is 6.07 Å². The number of halogens is 1. The summed E-state index contributed by atoms with van der Waals surface area (Å²) in [6.45, 7) is 6.35. The van der Waals surface area contributed by atoms with E-state index in [1.807, 2.05) is 67.6 Å². The maximum Gasteiger partial charge on any atom is 0.338 e. The number of aromatic nitrogens is 2. The molecule has 0 aliphatic carbocycles. The lowest BCUT2D eigenvalue weighted by Gasteiger charge is -2.25. The van der Waals surface area contributed by atoms with Crippen molar-refractivity contribution in [1.82, 2.24) is 9.13 Å². The third-order valence-electron chi connectivity index (χ3n) is 7.70. The second kappa shape index (κ2) is 11.5. The van der Waals surface area contributed by atoms with Crippen molar-refractivity contribution in [3.63, 3.8) is 0 Å². The third-order valence-corrected chi connectivity index (χ3v) is 9.02. The molecule has 0 saturated carbocycles. The number of nitrogens with zero attached hydrogens (tertiary/aromatic N) is 4. The Hall–Kier alpha value is -4.71. The van der Waals surface area contributed by atoms with E-state index in [2.05, 4.69) is 27.8 Å². The zero-order valence-corrected chi connectivity index (χ0v) is 25.4. The Morgan fingerprint density at radius 3 is 2.53 bits per heavy atom. The number of fused-ring (bicyclic) bond motifs is 2. The van der Waals surface area contributed by atoms with Crippen LogP contribution >= 0.6 is 22.9 Å². The van der Waals surface area contributed by atoms with Gasteiger partial charge in [0.1, 0.15) is 6.04 Å². The first-order chi connectivity index (χ1) is 20.8. The van der Waals surface area contributed by atoms with Crippen LogP contribution in [0.2, 0.25) is 5.02 Å². The Labute approximate surface area is 256 Å². The number of carbonyl (C=O) groups is 1. The van der Waals surface area contributed by atoms with E-state index >= 15 is 0 Å². The van der Waals surface area contributed by atoms with Gasteiger partial charge in [0, 0.05) is 33.7 Å². The molecule has 0 spiro atoms. The number of allylic oxidation sites excluding steroid dienone is 1. The lowest BCUT2D eigenvalue weighted by Crippen LogP contribution is -2.40. The summed E-state index contributed by atoms with van der Waals surface area (Å²) >= 11 is 7.92. The summed E-state index contributed by atoms with van der Waals surface area (Å²) in [7, 11) is 0. The molecule has 5 aromatic rings. The first kappa shape index (κ1) is 28.4. The monoisotopic (exact) mass is 606 g/mol. The maximum atomic E-state index is 14.2. The normalized spacial score (nSPS) is 14.9. The number of carbonyl (C=O) groups excluding carboxylic acids is 1. The van der Waals surface area contributed by atoms with Crippen LogP contribution in [0.4, 0.5) is 0 Å². The van der Waals surface area contributed by atoms with Crippen molar-refractivity contribution in [3.05, 3.63) is 137 Å². The van der Waals surface area contributed by atoms with Gasteiger partial charge in [-0.1, -0.05) is 71.5 Å². The first-order valence-electron chi connectivity index (χ1n) is 13.8. The molecular formula is C34H27ClN4O3S. The van der Waals surface area contributed by atoms with Crippen LogP contribution in [-0.4, -0.2) is 21.7 Å². The van der Waals surface area contributed by atoms with E-state index in [1.54, 1.807) is 24.5 Å². The minimum absolute atomic E-state index is 0.196. The number of para-hydroxylation sites is 1. The lowest BCUT2D eigenvalue weighted by molar-refractivity contribution is -0.139. The minimum atomic E-state index is -0.773. The van der Waals surface area contributed by atoms with Crippen molar-refractivity contribution in [2.75, 3.05) is 6.61 Å². The summed E-state index contributed by atoms with van der Waals surface area (Å²) in [6, 6.07) is 24.3. The summed E-state index contributed by atoms with van der Waals surface area (Å²) < 4.78 is 9.66. The highest BCUT2D eigenvalue weighted by atomic mass is 35.5. The Bertz CT molecular complexity index is 2160. The molecule has 0 fully saturated rings. The molecular weight excluding hydrogens is 580 g/mol. The van der Waals surface area contributed by atoms with Crippen molar-refractivity contribution in [1.29, 1.82) is 5.26 Å². The smallest absolute Gasteiger partial charge is 0.338 e. The molecule has 6 rings (SSSR count). The molecule has 9 heteroatoms. The maximum absolute atomic E-state index is 14.2. The number of thiazole rings is 1. The van der Waals surface area contributed by atoms with E-state index in [4.69, 9.17) is 16.3 Å². The van der Waals surface area contributed by atoms with Crippen LogP contribution in [0.5, 0.6) is 0 Å². The fourth-order valence-electron chi connectivity index (χ4n) is 5.62. The number of benzene rings is 3. The van der Waals surface area contributed by atoms with Gasteiger partial charge in [0.25, 0.3) is 5.56 Å². The average Bonchev–Trinajstić information content (AvgIpc) is 3.45. The van der Waals surface area contributed by atoms with Crippen LogP contribution in [0.15, 0.2) is 93.9 Å². The van der Waals surface area contributed by atoms with Gasteiger partial charge in [0.2, 0.25) is 0 Å². The van der Waals surface area contributed by atoms with Crippen molar-refractivity contribution < 1.29 is 9.53 Å². The molecule has 43 heavy (non-hydrogen) atoms. The Morgan fingerprint density at radius 2 is 1.81 bits per heavy atom. The zero-order chi connectivity index (χ0) is 30.2. The van der Waals surface area contributed by atoms with E-state index in [0.29, 0.717) is 43.3 Å². The van der Waals surface area contributed by atoms with Crippen LogP contribution in [0, 0.1) is 18.3 Å². The van der Waals surface area contributed by atoms with Gasteiger partial charge in [-0.2, -0.15) is 5.26 Å². The fourth-order valence-corrected chi connectivity index (χ4v) is 6.89. The van der Waals surface area contributed by atoms with Gasteiger partial charge in [-0.15, -0.1) is 0 Å². The van der Waals surface area contributed by atoms with Gasteiger partial charge < -0.3 is 9.30 Å². The summed E-state index contributed by atoms with van der Waals surface area (Å²) in [5.41, 5.74) is 5.82. The van der Waals surface area contributed by atoms with Crippen LogP contribution in [0.1, 0.15) is 47.8 Å². The number of hydrogen-bond acceptors (Lipinski definition) is 6. The van der Waals surface area contributed by atoms with Crippen LogP contribution < -0.4 is 14.9 Å². The predicted octanol–water partition coefficient (Wildman–Crippen LogP) is 5.63. The van der Waals surface area contributed by atoms with Crippen molar-refractivity contribution in [2.24, 2.45) is 4.99 Å². The molecule has 1 aliphatic rings. The standard InChI is InChI=1S/C34H27ClN4O3S/c1-4-42-33(41)30-20(2)37-34-39(31(30)25-10-5-7-11-27(25)35)32(40)29(43-34)17-26-21(3)38(28-12-8-6-9-24(26)28)19-23-15-13-22(18-36)14-16-23/h5-17,31H,4,19H2,1-3H3/b29-17-/t31-/m1/s1. The highest BCUT2D eigenvalue weighted by molar-refractivity contribution is 7.07. The second-order valence-electron chi connectivity index (χ2n) is 10.2. The van der Waals surface area contributed by atoms with E-state index < -0.39 is 12.0 Å².